The van der Waals surface area contributed by atoms with Crippen molar-refractivity contribution in [3.05, 3.63) is 59.0 Å². The number of benzene rings is 1. The maximum Gasteiger partial charge on any atom is 0.250 e. The monoisotopic (exact) mass is 313 g/mol. The number of pyridine rings is 1. The number of aromatic nitrogens is 1. The van der Waals surface area contributed by atoms with Crippen LogP contribution in [0.25, 0.3) is 0 Å². The van der Waals surface area contributed by atoms with Crippen LogP contribution in [0.4, 0.5) is 11.4 Å². The van der Waals surface area contributed by atoms with Crippen LogP contribution >= 0.6 is 0 Å². The molecule has 1 saturated heterocycles. The highest BCUT2D eigenvalue weighted by atomic mass is 16.5. The predicted octanol–water partition coefficient (Wildman–Crippen LogP) is 1.32. The number of amides is 1. The van der Waals surface area contributed by atoms with Crippen LogP contribution in [-0.4, -0.2) is 36.8 Å². The van der Waals surface area contributed by atoms with Gasteiger partial charge >= 0.3 is 0 Å². The van der Waals surface area contributed by atoms with Crippen molar-refractivity contribution in [3.8, 4) is 0 Å². The number of rotatable bonds is 4. The Bertz CT molecular complexity index is 736. The van der Waals surface area contributed by atoms with Gasteiger partial charge < -0.3 is 19.5 Å². The molecule has 0 saturated carbocycles. The van der Waals surface area contributed by atoms with Gasteiger partial charge in [-0.3, -0.25) is 9.59 Å². The summed E-state index contributed by atoms with van der Waals surface area (Å²) in [5.41, 5.74) is 1.54. The molecule has 120 valence electrons. The first-order chi connectivity index (χ1) is 11.2. The van der Waals surface area contributed by atoms with Crippen molar-refractivity contribution < 1.29 is 9.53 Å². The van der Waals surface area contributed by atoms with E-state index in [1.807, 2.05) is 24.3 Å². The number of nitrogens with one attached hydrogen (secondary N) is 1. The topological polar surface area (TPSA) is 63.6 Å². The van der Waals surface area contributed by atoms with E-state index in [4.69, 9.17) is 4.74 Å². The van der Waals surface area contributed by atoms with Gasteiger partial charge in [-0.25, -0.2) is 0 Å². The number of para-hydroxylation sites is 2. The van der Waals surface area contributed by atoms with Gasteiger partial charge in [0.25, 0.3) is 5.56 Å². The largest absolute Gasteiger partial charge is 0.378 e. The standard InChI is InChI=1S/C17H19N3O3/c21-16(13-20-8-4-3-7-17(20)22)18-14-5-1-2-6-15(14)19-9-11-23-12-10-19/h1-8H,9-13H2,(H,18,21). The first kappa shape index (κ1) is 15.3. The van der Waals surface area contributed by atoms with Gasteiger partial charge in [0.1, 0.15) is 6.54 Å². The SMILES string of the molecule is O=C(Cn1ccccc1=O)Nc1ccccc1N1CCOCC1. The quantitative estimate of drug-likeness (QED) is 0.925. The van der Waals surface area contributed by atoms with Crippen molar-refractivity contribution in [3.63, 3.8) is 0 Å². The summed E-state index contributed by atoms with van der Waals surface area (Å²) in [6.07, 6.45) is 1.61. The lowest BCUT2D eigenvalue weighted by Gasteiger charge is -2.30. The van der Waals surface area contributed by atoms with Crippen molar-refractivity contribution >= 4 is 17.3 Å². The normalized spacial score (nSPS) is 14.5. The van der Waals surface area contributed by atoms with Crippen LogP contribution in [0.5, 0.6) is 0 Å². The molecular weight excluding hydrogens is 294 g/mol. The number of anilines is 2. The number of nitrogens with zero attached hydrogens (tertiary/aromatic N) is 2. The summed E-state index contributed by atoms with van der Waals surface area (Å²) < 4.78 is 6.75. The van der Waals surface area contributed by atoms with Crippen LogP contribution < -0.4 is 15.8 Å². The second kappa shape index (κ2) is 7.11. The van der Waals surface area contributed by atoms with Gasteiger partial charge in [-0.2, -0.15) is 0 Å². The fourth-order valence-electron chi connectivity index (χ4n) is 2.60. The number of carbonyl (C=O) groups is 1. The van der Waals surface area contributed by atoms with Gasteiger partial charge in [-0.15, -0.1) is 0 Å². The van der Waals surface area contributed by atoms with E-state index in [9.17, 15) is 9.59 Å². The fraction of sp³-hybridized carbons (Fsp3) is 0.294. The minimum atomic E-state index is -0.223. The van der Waals surface area contributed by atoms with E-state index < -0.39 is 0 Å². The number of carbonyl (C=O) groups excluding carboxylic acids is 1. The molecule has 1 aliphatic heterocycles. The summed E-state index contributed by atoms with van der Waals surface area (Å²) in [7, 11) is 0. The maximum atomic E-state index is 12.3. The average molecular weight is 313 g/mol. The summed E-state index contributed by atoms with van der Waals surface area (Å²) in [6, 6.07) is 12.5. The highest BCUT2D eigenvalue weighted by molar-refractivity contribution is 5.94. The number of hydrogen-bond acceptors (Lipinski definition) is 4. The number of hydrogen-bond donors (Lipinski definition) is 1. The third-order valence-corrected chi connectivity index (χ3v) is 3.74. The zero-order valence-corrected chi connectivity index (χ0v) is 12.8. The second-order valence-corrected chi connectivity index (χ2v) is 5.33. The van der Waals surface area contributed by atoms with E-state index in [0.717, 1.165) is 24.5 Å². The third kappa shape index (κ3) is 3.78. The first-order valence-corrected chi connectivity index (χ1v) is 7.61. The molecule has 1 aromatic carbocycles. The molecule has 1 amide bonds. The molecule has 3 rings (SSSR count). The smallest absolute Gasteiger partial charge is 0.250 e. The highest BCUT2D eigenvalue weighted by Crippen LogP contribution is 2.26. The lowest BCUT2D eigenvalue weighted by Crippen LogP contribution is -2.37. The van der Waals surface area contributed by atoms with E-state index in [1.165, 1.54) is 10.6 Å². The van der Waals surface area contributed by atoms with Gasteiger partial charge in [0.05, 0.1) is 24.6 Å². The molecule has 2 aromatic rings. The summed E-state index contributed by atoms with van der Waals surface area (Å²) in [4.78, 5) is 26.1. The molecule has 6 nitrogen and oxygen atoms in total. The van der Waals surface area contributed by atoms with Crippen molar-refractivity contribution in [1.29, 1.82) is 0 Å². The van der Waals surface area contributed by atoms with Gasteiger partial charge in [0, 0.05) is 25.4 Å². The minimum Gasteiger partial charge on any atom is -0.378 e. The van der Waals surface area contributed by atoms with Crippen molar-refractivity contribution in [2.45, 2.75) is 6.54 Å². The highest BCUT2D eigenvalue weighted by Gasteiger charge is 2.15. The molecule has 0 bridgehead atoms. The summed E-state index contributed by atoms with van der Waals surface area (Å²) in [6.45, 7) is 2.95. The lowest BCUT2D eigenvalue weighted by atomic mass is 10.2. The Balaban J connectivity index is 1.73. The van der Waals surface area contributed by atoms with E-state index in [1.54, 1.807) is 18.3 Å². The van der Waals surface area contributed by atoms with Crippen molar-refractivity contribution in [2.75, 3.05) is 36.5 Å². The molecular formula is C17H19N3O3. The Labute approximate surface area is 134 Å². The Morgan fingerprint density at radius 1 is 1.09 bits per heavy atom. The lowest BCUT2D eigenvalue weighted by molar-refractivity contribution is -0.116. The molecule has 0 atom stereocenters. The molecule has 0 unspecified atom stereocenters. The van der Waals surface area contributed by atoms with Crippen LogP contribution in [0.3, 0.4) is 0 Å². The molecule has 1 N–H and O–H groups in total. The van der Waals surface area contributed by atoms with Crippen molar-refractivity contribution in [1.82, 2.24) is 4.57 Å². The van der Waals surface area contributed by atoms with E-state index >= 15 is 0 Å². The van der Waals surface area contributed by atoms with E-state index in [2.05, 4.69) is 10.2 Å². The van der Waals surface area contributed by atoms with Crippen LogP contribution in [0.2, 0.25) is 0 Å². The number of morpholine rings is 1. The maximum absolute atomic E-state index is 12.3. The van der Waals surface area contributed by atoms with Crippen LogP contribution in [-0.2, 0) is 16.1 Å². The Hall–Kier alpha value is -2.60. The van der Waals surface area contributed by atoms with E-state index in [0.29, 0.717) is 13.2 Å². The fourth-order valence-corrected chi connectivity index (χ4v) is 2.60. The second-order valence-electron chi connectivity index (χ2n) is 5.33. The molecule has 0 radical (unpaired) electrons. The molecule has 1 fully saturated rings. The molecule has 6 heteroatoms. The minimum absolute atomic E-state index is 0.00286. The molecule has 1 aliphatic rings. The average Bonchev–Trinajstić information content (AvgIpc) is 2.58. The van der Waals surface area contributed by atoms with Crippen LogP contribution in [0, 0.1) is 0 Å². The molecule has 0 spiro atoms. The molecule has 0 aliphatic carbocycles. The third-order valence-electron chi connectivity index (χ3n) is 3.74. The Morgan fingerprint density at radius 2 is 1.83 bits per heavy atom. The van der Waals surface area contributed by atoms with Gasteiger partial charge in [-0.05, 0) is 18.2 Å². The van der Waals surface area contributed by atoms with Crippen LogP contribution in [0.15, 0.2) is 53.5 Å². The summed E-state index contributed by atoms with van der Waals surface area (Å²) in [5, 5.41) is 2.90. The summed E-state index contributed by atoms with van der Waals surface area (Å²) >= 11 is 0. The zero-order valence-electron chi connectivity index (χ0n) is 12.8. The number of ether oxygens (including phenoxy) is 1. The predicted molar refractivity (Wildman–Crippen MR) is 88.8 cm³/mol. The molecule has 23 heavy (non-hydrogen) atoms. The van der Waals surface area contributed by atoms with Gasteiger partial charge in [0.15, 0.2) is 0 Å². The van der Waals surface area contributed by atoms with E-state index in [-0.39, 0.29) is 18.0 Å². The Morgan fingerprint density at radius 3 is 2.61 bits per heavy atom. The van der Waals surface area contributed by atoms with Crippen molar-refractivity contribution in [2.24, 2.45) is 0 Å². The van der Waals surface area contributed by atoms with Crippen LogP contribution in [0.1, 0.15) is 0 Å². The first-order valence-electron chi connectivity index (χ1n) is 7.61. The van der Waals surface area contributed by atoms with Gasteiger partial charge in [0.2, 0.25) is 5.91 Å². The van der Waals surface area contributed by atoms with Gasteiger partial charge in [-0.1, -0.05) is 18.2 Å². The summed E-state index contributed by atoms with van der Waals surface area (Å²) in [5.74, 6) is -0.223. The zero-order chi connectivity index (χ0) is 16.1. The Kier molecular flexibility index (Phi) is 4.73. The molecule has 1 aromatic heterocycles. The molecule has 2 heterocycles.